The molecule has 1 heterocycles. The van der Waals surface area contributed by atoms with Gasteiger partial charge in [-0.15, -0.1) is 11.3 Å². The quantitative estimate of drug-likeness (QED) is 0.658. The summed E-state index contributed by atoms with van der Waals surface area (Å²) >= 11 is 11.7. The molecule has 0 amide bonds. The number of rotatable bonds is 4. The molecule has 0 aliphatic rings. The normalized spacial score (nSPS) is 10.5. The summed E-state index contributed by atoms with van der Waals surface area (Å²) in [5, 5.41) is 10.9. The number of benzene rings is 1. The highest BCUT2D eigenvalue weighted by atomic mass is 79.9. The molecule has 0 saturated carbocycles. The predicted octanol–water partition coefficient (Wildman–Crippen LogP) is 5.31. The zero-order chi connectivity index (χ0) is 14.0. The maximum Gasteiger partial charge on any atom is 0.335 e. The van der Waals surface area contributed by atoms with Crippen molar-refractivity contribution >= 4 is 65.1 Å². The van der Waals surface area contributed by atoms with Crippen molar-refractivity contribution in [3.8, 4) is 5.75 Å². The summed E-state index contributed by atoms with van der Waals surface area (Å²) in [6.07, 6.45) is 0. The van der Waals surface area contributed by atoms with Crippen LogP contribution in [0.2, 0.25) is 0 Å². The van der Waals surface area contributed by atoms with Crippen LogP contribution in [0.4, 0.5) is 0 Å². The lowest BCUT2D eigenvalue weighted by molar-refractivity contribution is 0.0696. The highest BCUT2D eigenvalue weighted by molar-refractivity contribution is 9.11. The Balaban J connectivity index is 2.21. The molecule has 1 aromatic heterocycles. The third-order valence-electron chi connectivity index (χ3n) is 2.28. The van der Waals surface area contributed by atoms with Gasteiger partial charge >= 0.3 is 5.97 Å². The van der Waals surface area contributed by atoms with Gasteiger partial charge in [-0.2, -0.15) is 0 Å². The minimum Gasteiger partial charge on any atom is -0.486 e. The third-order valence-corrected chi connectivity index (χ3v) is 5.36. The first-order valence-corrected chi connectivity index (χ1v) is 8.32. The fourth-order valence-corrected chi connectivity index (χ4v) is 4.18. The van der Waals surface area contributed by atoms with E-state index in [0.29, 0.717) is 21.3 Å². The van der Waals surface area contributed by atoms with E-state index in [-0.39, 0.29) is 5.56 Å². The minimum atomic E-state index is -0.978. The Kier molecular flexibility index (Phi) is 5.05. The molecule has 0 bridgehead atoms. The SMILES string of the molecule is O=C(O)c1cc(Br)c(OCc2sccc2Br)c(Br)c1. The molecule has 3 nitrogen and oxygen atoms in total. The maximum absolute atomic E-state index is 10.9. The smallest absolute Gasteiger partial charge is 0.335 e. The lowest BCUT2D eigenvalue weighted by Gasteiger charge is -2.10. The zero-order valence-electron chi connectivity index (χ0n) is 9.32. The van der Waals surface area contributed by atoms with E-state index in [1.165, 1.54) is 12.1 Å². The van der Waals surface area contributed by atoms with Crippen molar-refractivity contribution in [2.75, 3.05) is 0 Å². The lowest BCUT2D eigenvalue weighted by Crippen LogP contribution is -2.00. The van der Waals surface area contributed by atoms with E-state index < -0.39 is 5.97 Å². The molecule has 0 spiro atoms. The first-order valence-electron chi connectivity index (χ1n) is 5.06. The van der Waals surface area contributed by atoms with Crippen LogP contribution in [0.1, 0.15) is 15.2 Å². The molecule has 0 fully saturated rings. The summed E-state index contributed by atoms with van der Waals surface area (Å²) in [6.45, 7) is 0.419. The van der Waals surface area contributed by atoms with Gasteiger partial charge in [0.05, 0.1) is 19.4 Å². The Morgan fingerprint density at radius 2 is 1.84 bits per heavy atom. The molecule has 2 aromatic rings. The third kappa shape index (κ3) is 3.59. The van der Waals surface area contributed by atoms with E-state index in [4.69, 9.17) is 9.84 Å². The van der Waals surface area contributed by atoms with Crippen LogP contribution in [0.15, 0.2) is 37.0 Å². The van der Waals surface area contributed by atoms with Gasteiger partial charge in [-0.3, -0.25) is 0 Å². The Hall–Kier alpha value is -0.370. The van der Waals surface area contributed by atoms with Gasteiger partial charge in [-0.25, -0.2) is 4.79 Å². The molecule has 7 heteroatoms. The molecule has 2 rings (SSSR count). The summed E-state index contributed by atoms with van der Waals surface area (Å²) in [7, 11) is 0. The maximum atomic E-state index is 10.9. The predicted molar refractivity (Wildman–Crippen MR) is 85.2 cm³/mol. The molecule has 0 atom stereocenters. The average Bonchev–Trinajstić information content (AvgIpc) is 2.73. The fourth-order valence-electron chi connectivity index (χ4n) is 1.39. The van der Waals surface area contributed by atoms with E-state index in [9.17, 15) is 4.79 Å². The molecule has 100 valence electrons. The molecular formula is C12H7Br3O3S. The van der Waals surface area contributed by atoms with Gasteiger partial charge in [0.1, 0.15) is 12.4 Å². The van der Waals surface area contributed by atoms with Crippen molar-refractivity contribution in [2.24, 2.45) is 0 Å². The van der Waals surface area contributed by atoms with Gasteiger partial charge in [0.2, 0.25) is 0 Å². The molecular weight excluding hydrogens is 464 g/mol. The average molecular weight is 471 g/mol. The zero-order valence-corrected chi connectivity index (χ0v) is 14.9. The van der Waals surface area contributed by atoms with Crippen molar-refractivity contribution in [2.45, 2.75) is 6.61 Å². The van der Waals surface area contributed by atoms with E-state index in [1.807, 2.05) is 11.4 Å². The van der Waals surface area contributed by atoms with Crippen LogP contribution in [0.5, 0.6) is 5.75 Å². The molecule has 0 saturated heterocycles. The van der Waals surface area contributed by atoms with Crippen molar-refractivity contribution in [3.63, 3.8) is 0 Å². The number of halogens is 3. The molecule has 19 heavy (non-hydrogen) atoms. The Bertz CT molecular complexity index is 601. The number of thiophene rings is 1. The highest BCUT2D eigenvalue weighted by Gasteiger charge is 2.13. The molecule has 1 N–H and O–H groups in total. The molecule has 0 radical (unpaired) electrons. The number of carboxylic acids is 1. The molecule has 0 unspecified atom stereocenters. The Morgan fingerprint density at radius 1 is 1.21 bits per heavy atom. The highest BCUT2D eigenvalue weighted by Crippen LogP contribution is 2.36. The van der Waals surface area contributed by atoms with Crippen LogP contribution in [-0.4, -0.2) is 11.1 Å². The van der Waals surface area contributed by atoms with Crippen molar-refractivity contribution < 1.29 is 14.6 Å². The molecule has 0 aliphatic carbocycles. The first kappa shape index (κ1) is 15.0. The largest absolute Gasteiger partial charge is 0.486 e. The van der Waals surface area contributed by atoms with Gasteiger partial charge in [0.15, 0.2) is 0 Å². The molecule has 0 aliphatic heterocycles. The Labute approximate surface area is 139 Å². The van der Waals surface area contributed by atoms with E-state index in [1.54, 1.807) is 11.3 Å². The number of aromatic carboxylic acids is 1. The second-order valence-electron chi connectivity index (χ2n) is 3.55. The van der Waals surface area contributed by atoms with Crippen LogP contribution in [0, 0.1) is 0 Å². The van der Waals surface area contributed by atoms with Crippen molar-refractivity contribution in [3.05, 3.63) is 47.4 Å². The van der Waals surface area contributed by atoms with Gasteiger partial charge < -0.3 is 9.84 Å². The van der Waals surface area contributed by atoms with Crippen LogP contribution in [0.25, 0.3) is 0 Å². The van der Waals surface area contributed by atoms with Crippen molar-refractivity contribution in [1.29, 1.82) is 0 Å². The number of hydrogen-bond donors (Lipinski definition) is 1. The van der Waals surface area contributed by atoms with E-state index in [2.05, 4.69) is 47.8 Å². The number of carboxylic acid groups (broad SMARTS) is 1. The summed E-state index contributed by atoms with van der Waals surface area (Å²) in [5.41, 5.74) is 0.198. The van der Waals surface area contributed by atoms with E-state index >= 15 is 0 Å². The minimum absolute atomic E-state index is 0.198. The summed E-state index contributed by atoms with van der Waals surface area (Å²) in [6, 6.07) is 5.00. The van der Waals surface area contributed by atoms with Crippen LogP contribution < -0.4 is 4.74 Å². The van der Waals surface area contributed by atoms with Crippen molar-refractivity contribution in [1.82, 2.24) is 0 Å². The second-order valence-corrected chi connectivity index (χ2v) is 7.12. The number of hydrogen-bond acceptors (Lipinski definition) is 3. The monoisotopic (exact) mass is 468 g/mol. The van der Waals surface area contributed by atoms with Crippen LogP contribution in [0.3, 0.4) is 0 Å². The first-order chi connectivity index (χ1) is 8.99. The fraction of sp³-hybridized carbons (Fsp3) is 0.0833. The lowest BCUT2D eigenvalue weighted by atomic mass is 10.2. The second kappa shape index (κ2) is 6.39. The number of ether oxygens (including phenoxy) is 1. The van der Waals surface area contributed by atoms with Gasteiger partial charge in [0, 0.05) is 4.47 Å². The Morgan fingerprint density at radius 3 is 2.32 bits per heavy atom. The van der Waals surface area contributed by atoms with E-state index in [0.717, 1.165) is 9.35 Å². The standard InChI is InChI=1S/C12H7Br3O3S/c13-7-1-2-19-10(7)5-18-11-8(14)3-6(12(16)17)4-9(11)15/h1-4H,5H2,(H,16,17). The van der Waals surface area contributed by atoms with Crippen LogP contribution >= 0.6 is 59.1 Å². The summed E-state index contributed by atoms with van der Waals surface area (Å²) < 4.78 is 7.93. The summed E-state index contributed by atoms with van der Waals surface area (Å²) in [4.78, 5) is 12.0. The number of carbonyl (C=O) groups is 1. The summed E-state index contributed by atoms with van der Waals surface area (Å²) in [5.74, 6) is -0.390. The topological polar surface area (TPSA) is 46.5 Å². The van der Waals surface area contributed by atoms with Gasteiger partial charge in [-0.05, 0) is 71.4 Å². The molecule has 1 aromatic carbocycles. The van der Waals surface area contributed by atoms with Gasteiger partial charge in [0.25, 0.3) is 0 Å². The van der Waals surface area contributed by atoms with Crippen LogP contribution in [-0.2, 0) is 6.61 Å². The van der Waals surface area contributed by atoms with Gasteiger partial charge in [-0.1, -0.05) is 0 Å².